The van der Waals surface area contributed by atoms with Crippen LogP contribution in [-0.2, 0) is 0 Å². The fourth-order valence-electron chi connectivity index (χ4n) is 1.69. The molecule has 0 radical (unpaired) electrons. The van der Waals surface area contributed by atoms with Crippen LogP contribution < -0.4 is 5.49 Å². The van der Waals surface area contributed by atoms with Crippen molar-refractivity contribution in [2.24, 2.45) is 5.10 Å². The summed E-state index contributed by atoms with van der Waals surface area (Å²) in [7, 11) is 0. The number of imidazole rings is 1. The van der Waals surface area contributed by atoms with E-state index in [4.69, 9.17) is 0 Å². The molecule has 0 unspecified atom stereocenters. The number of hydrogen-bond donors (Lipinski definition) is 0. The maximum Gasteiger partial charge on any atom is 0.254 e. The summed E-state index contributed by atoms with van der Waals surface area (Å²) in [4.78, 5) is 8.70. The highest BCUT2D eigenvalue weighted by Crippen LogP contribution is 2.18. The Kier molecular flexibility index (Phi) is 0.669. The van der Waals surface area contributed by atoms with E-state index in [1.165, 1.54) is 0 Å². The largest absolute Gasteiger partial charge is 0.254 e. The SMILES string of the molecule is c1ccc2c(c1)nc1nc2c2n1N=2. The quantitative estimate of drug-likeness (QED) is 0.388. The number of nitrogens with zero attached hydrogens (tertiary/aromatic N) is 4. The molecule has 3 aromatic rings. The van der Waals surface area contributed by atoms with E-state index in [2.05, 4.69) is 15.1 Å². The first-order chi connectivity index (χ1) is 6.43. The molecule has 0 atom stereocenters. The molecule has 2 aromatic heterocycles. The van der Waals surface area contributed by atoms with Gasteiger partial charge in [0.1, 0.15) is 5.52 Å². The zero-order valence-electron chi connectivity index (χ0n) is 6.60. The van der Waals surface area contributed by atoms with Crippen LogP contribution in [0.15, 0.2) is 29.4 Å². The molecule has 0 saturated heterocycles. The maximum atomic E-state index is 4.37. The monoisotopic (exact) mass is 168 g/mol. The van der Waals surface area contributed by atoms with Gasteiger partial charge >= 0.3 is 0 Å². The van der Waals surface area contributed by atoms with Gasteiger partial charge < -0.3 is 0 Å². The Morgan fingerprint density at radius 3 is 3.00 bits per heavy atom. The van der Waals surface area contributed by atoms with Gasteiger partial charge in [-0.15, -0.1) is 5.10 Å². The Balaban J connectivity index is 2.49. The fraction of sp³-hybridized carbons (Fsp3) is 0. The molecule has 0 N–H and O–H groups in total. The number of benzene rings is 1. The topological polar surface area (TPSA) is 43.1 Å². The average Bonchev–Trinajstić information content (AvgIpc) is 2.91. The first-order valence-electron chi connectivity index (χ1n) is 4.09. The number of aromatic nitrogens is 3. The Labute approximate surface area is 72.5 Å². The third kappa shape index (κ3) is 0.527. The Hall–Kier alpha value is -1.97. The van der Waals surface area contributed by atoms with Gasteiger partial charge in [0, 0.05) is 5.39 Å². The van der Waals surface area contributed by atoms with Crippen LogP contribution in [0.5, 0.6) is 0 Å². The first-order valence-corrected chi connectivity index (χ1v) is 4.09. The van der Waals surface area contributed by atoms with Crippen molar-refractivity contribution in [3.05, 3.63) is 29.8 Å². The lowest BCUT2D eigenvalue weighted by atomic mass is 10.2. The minimum Gasteiger partial charge on any atom is -0.211 e. The molecule has 1 aliphatic heterocycles. The van der Waals surface area contributed by atoms with Crippen LogP contribution in [0.1, 0.15) is 0 Å². The van der Waals surface area contributed by atoms with Gasteiger partial charge in [-0.1, -0.05) is 18.2 Å². The highest BCUT2D eigenvalue weighted by atomic mass is 15.5. The number of hydrogen-bond acceptors (Lipinski definition) is 3. The van der Waals surface area contributed by atoms with E-state index in [0.717, 1.165) is 21.9 Å². The summed E-state index contributed by atoms with van der Waals surface area (Å²) in [5.41, 5.74) is 2.93. The molecule has 4 rings (SSSR count). The van der Waals surface area contributed by atoms with E-state index in [1.54, 1.807) is 4.68 Å². The van der Waals surface area contributed by atoms with Gasteiger partial charge in [0.2, 0.25) is 5.49 Å². The summed E-state index contributed by atoms with van der Waals surface area (Å²) in [6.07, 6.45) is 0. The summed E-state index contributed by atoms with van der Waals surface area (Å²) in [5.74, 6) is 0.712. The molecule has 1 aliphatic rings. The molecule has 3 heterocycles. The minimum atomic E-state index is 0.712. The number of rotatable bonds is 0. The molecule has 0 amide bonds. The zero-order chi connectivity index (χ0) is 8.41. The minimum absolute atomic E-state index is 0.712. The molecular weight excluding hydrogens is 164 g/mol. The van der Waals surface area contributed by atoms with Crippen molar-refractivity contribution in [3.8, 4) is 0 Å². The standard InChI is InChI=1S/C9H4N4/c1-2-4-6-5(3-1)7-8-12-13(8)9(10-6)11-7/h1-4H. The normalized spacial score (nSPS) is 13.2. The van der Waals surface area contributed by atoms with Crippen molar-refractivity contribution >= 4 is 22.2 Å². The summed E-state index contributed by atoms with van der Waals surface area (Å²) >= 11 is 0. The van der Waals surface area contributed by atoms with Crippen molar-refractivity contribution in [1.29, 1.82) is 0 Å². The van der Waals surface area contributed by atoms with Gasteiger partial charge in [0.25, 0.3) is 5.78 Å². The van der Waals surface area contributed by atoms with Crippen LogP contribution in [0.4, 0.5) is 0 Å². The lowest BCUT2D eigenvalue weighted by molar-refractivity contribution is 1.07. The summed E-state index contributed by atoms with van der Waals surface area (Å²) in [6.45, 7) is 0. The van der Waals surface area contributed by atoms with E-state index in [-0.39, 0.29) is 0 Å². The summed E-state index contributed by atoms with van der Waals surface area (Å²) in [6, 6.07) is 8.00. The third-order valence-electron chi connectivity index (χ3n) is 2.35. The molecule has 13 heavy (non-hydrogen) atoms. The lowest BCUT2D eigenvalue weighted by Crippen LogP contribution is -1.87. The smallest absolute Gasteiger partial charge is 0.211 e. The van der Waals surface area contributed by atoms with Gasteiger partial charge in [-0.05, 0) is 6.07 Å². The molecule has 0 fully saturated rings. The van der Waals surface area contributed by atoms with Gasteiger partial charge in [-0.2, -0.15) is 4.68 Å². The molecule has 0 aliphatic carbocycles. The van der Waals surface area contributed by atoms with Crippen molar-refractivity contribution in [2.45, 2.75) is 0 Å². The van der Waals surface area contributed by atoms with Crippen LogP contribution in [0.2, 0.25) is 0 Å². The zero-order valence-corrected chi connectivity index (χ0v) is 6.60. The highest BCUT2D eigenvalue weighted by molar-refractivity contribution is 5.95. The second-order valence-electron chi connectivity index (χ2n) is 3.12. The van der Waals surface area contributed by atoms with Gasteiger partial charge in [0.05, 0.1) is 5.52 Å². The van der Waals surface area contributed by atoms with Crippen molar-refractivity contribution in [1.82, 2.24) is 14.6 Å². The van der Waals surface area contributed by atoms with E-state index in [9.17, 15) is 0 Å². The van der Waals surface area contributed by atoms with E-state index in [0.29, 0.717) is 5.78 Å². The van der Waals surface area contributed by atoms with Crippen LogP contribution in [0.3, 0.4) is 0 Å². The molecule has 4 nitrogen and oxygen atoms in total. The van der Waals surface area contributed by atoms with Crippen molar-refractivity contribution < 1.29 is 0 Å². The fourth-order valence-corrected chi connectivity index (χ4v) is 1.69. The molecule has 0 saturated carbocycles. The van der Waals surface area contributed by atoms with E-state index >= 15 is 0 Å². The van der Waals surface area contributed by atoms with Gasteiger partial charge in [0.15, 0.2) is 0 Å². The molecular formula is C9H4N4. The Morgan fingerprint density at radius 2 is 2.00 bits per heavy atom. The highest BCUT2D eigenvalue weighted by Gasteiger charge is 2.19. The summed E-state index contributed by atoms with van der Waals surface area (Å²) < 4.78 is 1.77. The molecule has 1 aromatic carbocycles. The molecule has 4 heteroatoms. The third-order valence-corrected chi connectivity index (χ3v) is 2.35. The predicted octanol–water partition coefficient (Wildman–Crippen LogP) is 0.700. The van der Waals surface area contributed by atoms with Crippen LogP contribution in [0.25, 0.3) is 22.2 Å². The van der Waals surface area contributed by atoms with Gasteiger partial charge in [-0.25, -0.2) is 9.97 Å². The lowest BCUT2D eigenvalue weighted by Gasteiger charge is -1.93. The number of para-hydroxylation sites is 1. The molecule has 60 valence electrons. The summed E-state index contributed by atoms with van der Waals surface area (Å²) in [5, 5.41) is 5.22. The second-order valence-corrected chi connectivity index (χ2v) is 3.12. The van der Waals surface area contributed by atoms with Gasteiger partial charge in [-0.3, -0.25) is 0 Å². The van der Waals surface area contributed by atoms with E-state index in [1.807, 2.05) is 24.3 Å². The predicted molar refractivity (Wildman–Crippen MR) is 47.2 cm³/mol. The Morgan fingerprint density at radius 1 is 1.08 bits per heavy atom. The van der Waals surface area contributed by atoms with Crippen LogP contribution >= 0.6 is 0 Å². The van der Waals surface area contributed by atoms with Crippen molar-refractivity contribution in [3.63, 3.8) is 0 Å². The van der Waals surface area contributed by atoms with Crippen molar-refractivity contribution in [2.75, 3.05) is 0 Å². The average molecular weight is 168 g/mol. The van der Waals surface area contributed by atoms with E-state index < -0.39 is 0 Å². The molecule has 2 bridgehead atoms. The maximum absolute atomic E-state index is 4.37. The number of fused-ring (bicyclic) bond motifs is 7. The van der Waals surface area contributed by atoms with Crippen LogP contribution in [-0.4, -0.2) is 14.6 Å². The first kappa shape index (κ1) is 5.64. The molecule has 0 spiro atoms. The van der Waals surface area contributed by atoms with Crippen LogP contribution in [0, 0.1) is 0 Å². The second kappa shape index (κ2) is 1.54. The Bertz CT molecular complexity index is 695.